The van der Waals surface area contributed by atoms with Gasteiger partial charge in [0.05, 0.1) is 5.02 Å². The zero-order valence-corrected chi connectivity index (χ0v) is 13.3. The number of fused-ring (bicyclic) bond motifs is 2. The van der Waals surface area contributed by atoms with Crippen LogP contribution >= 0.6 is 11.6 Å². The van der Waals surface area contributed by atoms with Crippen LogP contribution in [0.25, 0.3) is 21.5 Å². The van der Waals surface area contributed by atoms with Gasteiger partial charge in [-0.25, -0.2) is 0 Å². The number of hydrogen-bond acceptors (Lipinski definition) is 1. The Morgan fingerprint density at radius 3 is 1.62 bits per heavy atom. The molecule has 0 saturated carbocycles. The van der Waals surface area contributed by atoms with E-state index >= 15 is 0 Å². The Bertz CT molecular complexity index is 718. The smallest absolute Gasteiger partial charge is 0.0562 e. The Labute approximate surface area is 131 Å². The topological polar surface area (TPSA) is 3.24 Å². The summed E-state index contributed by atoms with van der Waals surface area (Å²) in [5.74, 6) is 0. The van der Waals surface area contributed by atoms with Crippen molar-refractivity contribution in [2.75, 3.05) is 13.1 Å². The molecule has 0 saturated heterocycles. The van der Waals surface area contributed by atoms with Gasteiger partial charge in [0, 0.05) is 17.3 Å². The van der Waals surface area contributed by atoms with Crippen LogP contribution in [0.4, 0.5) is 0 Å². The summed E-state index contributed by atoms with van der Waals surface area (Å²) in [4.78, 5) is 2.45. The Kier molecular flexibility index (Phi) is 4.14. The first kappa shape index (κ1) is 14.4. The number of nitrogens with zero attached hydrogens (tertiary/aromatic N) is 1. The van der Waals surface area contributed by atoms with Crippen molar-refractivity contribution in [3.05, 3.63) is 59.1 Å². The van der Waals surface area contributed by atoms with Gasteiger partial charge in [0.25, 0.3) is 0 Å². The van der Waals surface area contributed by atoms with E-state index in [1.807, 2.05) is 0 Å². The van der Waals surface area contributed by atoms with Crippen LogP contribution in [0.5, 0.6) is 0 Å². The Morgan fingerprint density at radius 2 is 1.19 bits per heavy atom. The molecule has 0 aliphatic rings. The maximum Gasteiger partial charge on any atom is 0.0562 e. The fourth-order valence-corrected chi connectivity index (χ4v) is 3.34. The lowest BCUT2D eigenvalue weighted by atomic mass is 9.96. The Hall–Kier alpha value is -1.57. The molecule has 0 fully saturated rings. The van der Waals surface area contributed by atoms with Gasteiger partial charge in [-0.2, -0.15) is 0 Å². The molecule has 3 rings (SSSR count). The average molecular weight is 298 g/mol. The molecule has 0 amide bonds. The van der Waals surface area contributed by atoms with E-state index < -0.39 is 0 Å². The molecule has 1 nitrogen and oxygen atoms in total. The van der Waals surface area contributed by atoms with Crippen molar-refractivity contribution < 1.29 is 0 Å². The van der Waals surface area contributed by atoms with Gasteiger partial charge in [0.1, 0.15) is 0 Å². The van der Waals surface area contributed by atoms with Gasteiger partial charge in [0.15, 0.2) is 0 Å². The van der Waals surface area contributed by atoms with E-state index in [0.29, 0.717) is 0 Å². The molecule has 108 valence electrons. The molecule has 0 aromatic heterocycles. The molecule has 2 heteroatoms. The molecule has 0 aliphatic heterocycles. The summed E-state index contributed by atoms with van der Waals surface area (Å²) in [6, 6.07) is 16.9. The highest BCUT2D eigenvalue weighted by molar-refractivity contribution is 6.41. The van der Waals surface area contributed by atoms with Crippen LogP contribution in [-0.2, 0) is 6.54 Å². The summed E-state index contributed by atoms with van der Waals surface area (Å²) >= 11 is 6.64. The second-order valence-electron chi connectivity index (χ2n) is 5.35. The first-order chi connectivity index (χ1) is 10.3. The van der Waals surface area contributed by atoms with Crippen LogP contribution in [0.1, 0.15) is 19.4 Å². The standard InChI is InChI=1S/C19H20ClN/c1-3-21(4-2)13-18-14-9-5-7-11-16(14)19(20)17-12-8-6-10-15(17)18/h5-12H,3-4,13H2,1-2H3. The summed E-state index contributed by atoms with van der Waals surface area (Å²) < 4.78 is 0. The van der Waals surface area contributed by atoms with Crippen molar-refractivity contribution in [2.24, 2.45) is 0 Å². The Morgan fingerprint density at radius 1 is 0.762 bits per heavy atom. The Balaban J connectivity index is 2.34. The molecule has 0 spiro atoms. The van der Waals surface area contributed by atoms with Gasteiger partial charge in [-0.1, -0.05) is 74.0 Å². The summed E-state index contributed by atoms with van der Waals surface area (Å²) in [5.41, 5.74) is 1.38. The summed E-state index contributed by atoms with van der Waals surface area (Å²) in [6.07, 6.45) is 0. The van der Waals surface area contributed by atoms with Crippen LogP contribution in [0.15, 0.2) is 48.5 Å². The molecule has 0 radical (unpaired) electrons. The third-order valence-corrected chi connectivity index (χ3v) is 4.66. The van der Waals surface area contributed by atoms with Crippen molar-refractivity contribution in [3.63, 3.8) is 0 Å². The minimum Gasteiger partial charge on any atom is -0.300 e. The summed E-state index contributed by atoms with van der Waals surface area (Å²) in [7, 11) is 0. The van der Waals surface area contributed by atoms with Crippen molar-refractivity contribution in [3.8, 4) is 0 Å². The van der Waals surface area contributed by atoms with Crippen molar-refractivity contribution >= 4 is 33.1 Å². The van der Waals surface area contributed by atoms with Gasteiger partial charge >= 0.3 is 0 Å². The van der Waals surface area contributed by atoms with Gasteiger partial charge in [-0.15, -0.1) is 0 Å². The van der Waals surface area contributed by atoms with Gasteiger partial charge < -0.3 is 0 Å². The molecule has 0 aliphatic carbocycles. The van der Waals surface area contributed by atoms with E-state index in [-0.39, 0.29) is 0 Å². The minimum atomic E-state index is 0.865. The van der Waals surface area contributed by atoms with Crippen LogP contribution in [-0.4, -0.2) is 18.0 Å². The average Bonchev–Trinajstić information content (AvgIpc) is 2.55. The lowest BCUT2D eigenvalue weighted by molar-refractivity contribution is 0.298. The largest absolute Gasteiger partial charge is 0.300 e. The quantitative estimate of drug-likeness (QED) is 0.576. The van der Waals surface area contributed by atoms with E-state index in [2.05, 4.69) is 67.3 Å². The predicted octanol–water partition coefficient (Wildman–Crippen LogP) is 5.49. The normalized spacial score (nSPS) is 11.6. The van der Waals surface area contributed by atoms with Crippen LogP contribution in [0, 0.1) is 0 Å². The third kappa shape index (κ3) is 2.52. The van der Waals surface area contributed by atoms with Crippen molar-refractivity contribution in [1.29, 1.82) is 0 Å². The van der Waals surface area contributed by atoms with Crippen LogP contribution in [0.3, 0.4) is 0 Å². The lowest BCUT2D eigenvalue weighted by Gasteiger charge is -2.21. The van der Waals surface area contributed by atoms with Gasteiger partial charge in [0.2, 0.25) is 0 Å². The second-order valence-corrected chi connectivity index (χ2v) is 5.72. The number of rotatable bonds is 4. The molecule has 3 aromatic rings. The summed E-state index contributed by atoms with van der Waals surface area (Å²) in [6.45, 7) is 7.50. The zero-order chi connectivity index (χ0) is 14.8. The molecule has 0 heterocycles. The molecule has 0 atom stereocenters. The van der Waals surface area contributed by atoms with Crippen molar-refractivity contribution in [1.82, 2.24) is 4.90 Å². The highest BCUT2D eigenvalue weighted by Gasteiger charge is 2.13. The first-order valence-corrected chi connectivity index (χ1v) is 7.94. The minimum absolute atomic E-state index is 0.865. The van der Waals surface area contributed by atoms with Crippen LogP contribution < -0.4 is 0 Å². The van der Waals surface area contributed by atoms with Gasteiger partial charge in [-0.3, -0.25) is 4.90 Å². The fourth-order valence-electron chi connectivity index (χ4n) is 3.01. The van der Waals surface area contributed by atoms with E-state index in [0.717, 1.165) is 35.4 Å². The lowest BCUT2D eigenvalue weighted by Crippen LogP contribution is -2.22. The number of hydrogen-bond donors (Lipinski definition) is 0. The maximum absolute atomic E-state index is 6.64. The maximum atomic E-state index is 6.64. The highest BCUT2D eigenvalue weighted by Crippen LogP contribution is 2.36. The summed E-state index contributed by atoms with van der Waals surface area (Å²) in [5, 5.41) is 5.71. The molecular weight excluding hydrogens is 278 g/mol. The van der Waals surface area contributed by atoms with E-state index in [9.17, 15) is 0 Å². The molecule has 0 bridgehead atoms. The van der Waals surface area contributed by atoms with Crippen molar-refractivity contribution in [2.45, 2.75) is 20.4 Å². The van der Waals surface area contributed by atoms with Crippen LogP contribution in [0.2, 0.25) is 5.02 Å². The van der Waals surface area contributed by atoms with E-state index in [4.69, 9.17) is 11.6 Å². The zero-order valence-electron chi connectivity index (χ0n) is 12.6. The molecule has 0 unspecified atom stereocenters. The van der Waals surface area contributed by atoms with E-state index in [1.165, 1.54) is 16.3 Å². The first-order valence-electron chi connectivity index (χ1n) is 7.56. The molecule has 3 aromatic carbocycles. The predicted molar refractivity (Wildman–Crippen MR) is 93.1 cm³/mol. The second kappa shape index (κ2) is 6.05. The van der Waals surface area contributed by atoms with E-state index in [1.54, 1.807) is 0 Å². The highest BCUT2D eigenvalue weighted by atomic mass is 35.5. The van der Waals surface area contributed by atoms with Gasteiger partial charge in [-0.05, 0) is 29.4 Å². The number of benzene rings is 3. The monoisotopic (exact) mass is 297 g/mol. The number of halogens is 1. The molecule has 0 N–H and O–H groups in total. The fraction of sp³-hybridized carbons (Fsp3) is 0.263. The molecule has 21 heavy (non-hydrogen) atoms. The SMILES string of the molecule is CCN(CC)Cc1c2ccccc2c(Cl)c2ccccc12. The third-order valence-electron chi connectivity index (χ3n) is 4.25. The molecular formula is C19H20ClN.